The molecule has 0 aliphatic heterocycles. The zero-order valence-electron chi connectivity index (χ0n) is 17.5. The third-order valence-corrected chi connectivity index (χ3v) is 6.84. The lowest BCUT2D eigenvalue weighted by Gasteiger charge is -2.22. The van der Waals surface area contributed by atoms with Crippen LogP contribution in [0, 0.1) is 24.7 Å². The van der Waals surface area contributed by atoms with E-state index in [4.69, 9.17) is 4.74 Å². The third kappa shape index (κ3) is 4.83. The summed E-state index contributed by atoms with van der Waals surface area (Å²) in [5.41, 5.74) is 3.91. The number of aliphatic carboxylic acids is 1. The zero-order valence-corrected chi connectivity index (χ0v) is 17.5. The van der Waals surface area contributed by atoms with E-state index in [1.165, 1.54) is 30.4 Å². The summed E-state index contributed by atoms with van der Waals surface area (Å²) >= 11 is 0. The monoisotopic (exact) mass is 392 g/mol. The smallest absolute Gasteiger partial charge is 0.306 e. The van der Waals surface area contributed by atoms with Gasteiger partial charge in [-0.1, -0.05) is 48.9 Å². The highest BCUT2D eigenvalue weighted by atomic mass is 16.5. The quantitative estimate of drug-likeness (QED) is 0.584. The van der Waals surface area contributed by atoms with Gasteiger partial charge >= 0.3 is 5.97 Å². The molecule has 4 atom stereocenters. The predicted octanol–water partition coefficient (Wildman–Crippen LogP) is 6.17. The molecule has 0 saturated heterocycles. The van der Waals surface area contributed by atoms with Crippen molar-refractivity contribution in [2.75, 3.05) is 6.61 Å². The Morgan fingerprint density at radius 3 is 2.62 bits per heavy atom. The first-order valence-corrected chi connectivity index (χ1v) is 11.0. The molecule has 3 nitrogen and oxygen atoms in total. The largest absolute Gasteiger partial charge is 0.493 e. The Morgan fingerprint density at radius 2 is 1.90 bits per heavy atom. The van der Waals surface area contributed by atoms with Gasteiger partial charge in [0.1, 0.15) is 5.75 Å². The fourth-order valence-electron chi connectivity index (χ4n) is 5.06. The molecular formula is C26H32O3. The summed E-state index contributed by atoms with van der Waals surface area (Å²) in [5.74, 6) is 1.63. The van der Waals surface area contributed by atoms with Crippen molar-refractivity contribution in [1.29, 1.82) is 0 Å². The van der Waals surface area contributed by atoms with Gasteiger partial charge in [-0.05, 0) is 86.0 Å². The van der Waals surface area contributed by atoms with E-state index in [0.29, 0.717) is 17.8 Å². The topological polar surface area (TPSA) is 46.5 Å². The van der Waals surface area contributed by atoms with Crippen LogP contribution >= 0.6 is 0 Å². The molecule has 2 fully saturated rings. The van der Waals surface area contributed by atoms with Crippen molar-refractivity contribution in [1.82, 2.24) is 0 Å². The Hall–Kier alpha value is -2.29. The summed E-state index contributed by atoms with van der Waals surface area (Å²) in [5, 5.41) is 9.51. The van der Waals surface area contributed by atoms with Gasteiger partial charge < -0.3 is 9.84 Å². The van der Waals surface area contributed by atoms with Gasteiger partial charge in [0.2, 0.25) is 0 Å². The molecule has 0 aromatic heterocycles. The Labute approximate surface area is 174 Å². The maximum atomic E-state index is 11.6. The average Bonchev–Trinajstić information content (AvgIpc) is 3.42. The first-order valence-electron chi connectivity index (χ1n) is 11.0. The summed E-state index contributed by atoms with van der Waals surface area (Å²) < 4.78 is 6.18. The standard InChI is InChI=1S/C26H32O3/c1-17-5-3-6-21(13-17)22-10-9-19(14-22)16-29-24-8-4-7-23(15-24)25(20-11-12-20)18(2)26(27)28/h3-8,13,15,18-20,22,25H,9-12,14,16H2,1-2H3,(H,27,28)/t18-,19?,22?,25-/m0/s1. The van der Waals surface area contributed by atoms with E-state index in [1.807, 2.05) is 19.1 Å². The lowest BCUT2D eigenvalue weighted by Crippen LogP contribution is -2.20. The van der Waals surface area contributed by atoms with E-state index < -0.39 is 5.97 Å². The number of carboxylic acids is 1. The van der Waals surface area contributed by atoms with Crippen molar-refractivity contribution >= 4 is 5.97 Å². The SMILES string of the molecule is Cc1cccc(C2CCC(COc3cccc([C@H](C4CC4)[C@H](C)C(=O)O)c3)C2)c1. The summed E-state index contributed by atoms with van der Waals surface area (Å²) in [7, 11) is 0. The van der Waals surface area contributed by atoms with E-state index in [0.717, 1.165) is 30.8 Å². The fraction of sp³-hybridized carbons (Fsp3) is 0.500. The van der Waals surface area contributed by atoms with Crippen LogP contribution in [0.5, 0.6) is 5.75 Å². The molecule has 2 aliphatic carbocycles. The van der Waals surface area contributed by atoms with E-state index in [9.17, 15) is 9.90 Å². The Kier molecular flexibility index (Phi) is 5.94. The normalized spacial score (nSPS) is 23.5. The van der Waals surface area contributed by atoms with E-state index in [1.54, 1.807) is 0 Å². The first kappa shape index (κ1) is 20.0. The molecule has 0 bridgehead atoms. The van der Waals surface area contributed by atoms with Gasteiger partial charge in [0.05, 0.1) is 12.5 Å². The minimum Gasteiger partial charge on any atom is -0.493 e. The second kappa shape index (κ2) is 8.61. The van der Waals surface area contributed by atoms with Gasteiger partial charge in [-0.15, -0.1) is 0 Å². The highest BCUT2D eigenvalue weighted by molar-refractivity contribution is 5.71. The molecule has 0 spiro atoms. The van der Waals surface area contributed by atoms with Crippen LogP contribution in [-0.4, -0.2) is 17.7 Å². The van der Waals surface area contributed by atoms with Gasteiger partial charge in [-0.3, -0.25) is 4.79 Å². The molecule has 2 aliphatic rings. The summed E-state index contributed by atoms with van der Waals surface area (Å²) in [6.45, 7) is 4.74. The maximum absolute atomic E-state index is 11.6. The van der Waals surface area contributed by atoms with Gasteiger partial charge in [-0.2, -0.15) is 0 Å². The molecule has 4 rings (SSSR count). The Morgan fingerprint density at radius 1 is 1.10 bits per heavy atom. The number of hydrogen-bond donors (Lipinski definition) is 1. The molecule has 29 heavy (non-hydrogen) atoms. The number of carboxylic acid groups (broad SMARTS) is 1. The third-order valence-electron chi connectivity index (χ3n) is 6.84. The molecule has 2 unspecified atom stereocenters. The maximum Gasteiger partial charge on any atom is 0.306 e. The number of carbonyl (C=O) groups is 1. The van der Waals surface area contributed by atoms with Crippen molar-refractivity contribution in [2.45, 2.75) is 57.8 Å². The molecule has 2 aromatic rings. The summed E-state index contributed by atoms with van der Waals surface area (Å²) in [6.07, 6.45) is 5.89. The minimum absolute atomic E-state index is 0.0910. The van der Waals surface area contributed by atoms with Gasteiger partial charge in [0, 0.05) is 0 Å². The number of benzene rings is 2. The molecule has 154 valence electrons. The number of rotatable bonds is 8. The van der Waals surface area contributed by atoms with E-state index >= 15 is 0 Å². The van der Waals surface area contributed by atoms with Crippen LogP contribution in [0.25, 0.3) is 0 Å². The van der Waals surface area contributed by atoms with Crippen molar-refractivity contribution in [3.63, 3.8) is 0 Å². The van der Waals surface area contributed by atoms with Crippen LogP contribution in [0.1, 0.15) is 67.6 Å². The van der Waals surface area contributed by atoms with Crippen LogP contribution in [0.15, 0.2) is 48.5 Å². The molecule has 3 heteroatoms. The van der Waals surface area contributed by atoms with Crippen LogP contribution in [0.3, 0.4) is 0 Å². The Balaban J connectivity index is 1.37. The lowest BCUT2D eigenvalue weighted by atomic mass is 9.83. The van der Waals surface area contributed by atoms with Crippen LogP contribution in [0.4, 0.5) is 0 Å². The second-order valence-electron chi connectivity index (χ2n) is 9.16. The van der Waals surface area contributed by atoms with Gasteiger partial charge in [-0.25, -0.2) is 0 Å². The molecular weight excluding hydrogens is 360 g/mol. The minimum atomic E-state index is -0.707. The summed E-state index contributed by atoms with van der Waals surface area (Å²) in [6, 6.07) is 17.1. The van der Waals surface area contributed by atoms with Gasteiger partial charge in [0.25, 0.3) is 0 Å². The molecule has 2 aromatic carbocycles. The first-order chi connectivity index (χ1) is 14.0. The number of ether oxygens (including phenoxy) is 1. The highest BCUT2D eigenvalue weighted by Crippen LogP contribution is 2.47. The van der Waals surface area contributed by atoms with Crippen molar-refractivity contribution in [2.24, 2.45) is 17.8 Å². The van der Waals surface area contributed by atoms with Crippen molar-refractivity contribution < 1.29 is 14.6 Å². The lowest BCUT2D eigenvalue weighted by molar-refractivity contribution is -0.142. The number of hydrogen-bond acceptors (Lipinski definition) is 2. The molecule has 0 heterocycles. The van der Waals surface area contributed by atoms with E-state index in [2.05, 4.69) is 43.3 Å². The molecule has 0 amide bonds. The van der Waals surface area contributed by atoms with Crippen LogP contribution in [0.2, 0.25) is 0 Å². The van der Waals surface area contributed by atoms with Crippen LogP contribution < -0.4 is 4.74 Å². The van der Waals surface area contributed by atoms with Crippen molar-refractivity contribution in [3.05, 3.63) is 65.2 Å². The zero-order chi connectivity index (χ0) is 20.4. The predicted molar refractivity (Wildman–Crippen MR) is 115 cm³/mol. The summed E-state index contributed by atoms with van der Waals surface area (Å²) in [4.78, 5) is 11.6. The molecule has 1 N–H and O–H groups in total. The van der Waals surface area contributed by atoms with Crippen molar-refractivity contribution in [3.8, 4) is 5.75 Å². The van der Waals surface area contributed by atoms with Gasteiger partial charge in [0.15, 0.2) is 0 Å². The number of aryl methyl sites for hydroxylation is 1. The average molecular weight is 393 g/mol. The second-order valence-corrected chi connectivity index (χ2v) is 9.16. The molecule has 2 saturated carbocycles. The molecule has 0 radical (unpaired) electrons. The fourth-order valence-corrected chi connectivity index (χ4v) is 5.06. The van der Waals surface area contributed by atoms with E-state index in [-0.39, 0.29) is 11.8 Å². The van der Waals surface area contributed by atoms with Crippen LogP contribution in [-0.2, 0) is 4.79 Å². The highest BCUT2D eigenvalue weighted by Gasteiger charge is 2.38. The Bertz CT molecular complexity index is 855.